The zero-order valence-corrected chi connectivity index (χ0v) is 7.14. The second kappa shape index (κ2) is 2.30. The molecule has 62 valence electrons. The molecule has 0 radical (unpaired) electrons. The van der Waals surface area contributed by atoms with Gasteiger partial charge in [0.15, 0.2) is 0 Å². The van der Waals surface area contributed by atoms with Crippen LogP contribution < -0.4 is 5.32 Å². The monoisotopic (exact) mass is 162 g/mol. The summed E-state index contributed by atoms with van der Waals surface area (Å²) in [4.78, 5) is 15.2. The molecule has 1 N–H and O–H groups in total. The SMILES string of the molecule is Cc1cnc2c(c1C)NC(=O)C2. The van der Waals surface area contributed by atoms with Crippen LogP contribution in [0.3, 0.4) is 0 Å². The first kappa shape index (κ1) is 7.28. The highest BCUT2D eigenvalue weighted by molar-refractivity contribution is 5.99. The summed E-state index contributed by atoms with van der Waals surface area (Å²) in [5.41, 5.74) is 4.05. The Hall–Kier alpha value is -1.38. The summed E-state index contributed by atoms with van der Waals surface area (Å²) in [5, 5.41) is 2.81. The Morgan fingerprint density at radius 3 is 3.00 bits per heavy atom. The van der Waals surface area contributed by atoms with E-state index in [0.717, 1.165) is 22.5 Å². The maximum absolute atomic E-state index is 11.0. The second-order valence-corrected chi connectivity index (χ2v) is 3.11. The molecule has 1 aromatic rings. The first-order valence-electron chi connectivity index (χ1n) is 3.93. The summed E-state index contributed by atoms with van der Waals surface area (Å²) in [6.07, 6.45) is 2.24. The maximum atomic E-state index is 11.0. The molecule has 0 aromatic carbocycles. The third kappa shape index (κ3) is 0.897. The topological polar surface area (TPSA) is 42.0 Å². The highest BCUT2D eigenvalue weighted by Crippen LogP contribution is 2.26. The predicted octanol–water partition coefficient (Wildman–Crippen LogP) is 1.19. The number of anilines is 1. The Kier molecular flexibility index (Phi) is 1.40. The van der Waals surface area contributed by atoms with Crippen LogP contribution in [0.5, 0.6) is 0 Å². The van der Waals surface area contributed by atoms with Gasteiger partial charge in [-0.15, -0.1) is 0 Å². The molecule has 0 bridgehead atoms. The number of nitrogens with zero attached hydrogens (tertiary/aromatic N) is 1. The smallest absolute Gasteiger partial charge is 0.230 e. The van der Waals surface area contributed by atoms with E-state index in [2.05, 4.69) is 10.3 Å². The van der Waals surface area contributed by atoms with Crippen LogP contribution in [0.2, 0.25) is 0 Å². The van der Waals surface area contributed by atoms with Crippen LogP contribution in [-0.4, -0.2) is 10.9 Å². The van der Waals surface area contributed by atoms with Crippen molar-refractivity contribution in [2.75, 3.05) is 5.32 Å². The highest BCUT2D eigenvalue weighted by atomic mass is 16.1. The van der Waals surface area contributed by atoms with Crippen LogP contribution in [0.15, 0.2) is 6.20 Å². The Balaban J connectivity index is 2.61. The van der Waals surface area contributed by atoms with Gasteiger partial charge in [-0.3, -0.25) is 9.78 Å². The van der Waals surface area contributed by atoms with Gasteiger partial charge in [0.1, 0.15) is 0 Å². The highest BCUT2D eigenvalue weighted by Gasteiger charge is 2.20. The summed E-state index contributed by atoms with van der Waals surface area (Å²) >= 11 is 0. The summed E-state index contributed by atoms with van der Waals surface area (Å²) in [6, 6.07) is 0. The predicted molar refractivity (Wildman–Crippen MR) is 46.0 cm³/mol. The van der Waals surface area contributed by atoms with Gasteiger partial charge >= 0.3 is 0 Å². The average Bonchev–Trinajstić information content (AvgIpc) is 2.39. The zero-order chi connectivity index (χ0) is 8.72. The van der Waals surface area contributed by atoms with Crippen LogP contribution >= 0.6 is 0 Å². The van der Waals surface area contributed by atoms with Gasteiger partial charge in [-0.05, 0) is 25.0 Å². The minimum Gasteiger partial charge on any atom is -0.324 e. The minimum atomic E-state index is 0.0474. The summed E-state index contributed by atoms with van der Waals surface area (Å²) < 4.78 is 0. The molecule has 0 saturated heterocycles. The average molecular weight is 162 g/mol. The van der Waals surface area contributed by atoms with Crippen molar-refractivity contribution < 1.29 is 4.79 Å². The van der Waals surface area contributed by atoms with Gasteiger partial charge in [-0.25, -0.2) is 0 Å². The van der Waals surface area contributed by atoms with E-state index < -0.39 is 0 Å². The molecule has 1 aliphatic rings. The van der Waals surface area contributed by atoms with E-state index in [9.17, 15) is 4.79 Å². The van der Waals surface area contributed by atoms with Gasteiger partial charge in [0.25, 0.3) is 0 Å². The number of fused-ring (bicyclic) bond motifs is 1. The summed E-state index contributed by atoms with van der Waals surface area (Å²) in [6.45, 7) is 3.99. The van der Waals surface area contributed by atoms with Gasteiger partial charge in [0.2, 0.25) is 5.91 Å². The fraction of sp³-hybridized carbons (Fsp3) is 0.333. The summed E-state index contributed by atoms with van der Waals surface area (Å²) in [5.74, 6) is 0.0474. The number of aromatic nitrogens is 1. The molecule has 3 heteroatoms. The number of hydrogen-bond donors (Lipinski definition) is 1. The largest absolute Gasteiger partial charge is 0.324 e. The second-order valence-electron chi connectivity index (χ2n) is 3.11. The van der Waals surface area contributed by atoms with Crippen LogP contribution in [0.1, 0.15) is 16.8 Å². The number of rotatable bonds is 0. The van der Waals surface area contributed by atoms with Crippen molar-refractivity contribution in [3.8, 4) is 0 Å². The molecule has 0 aliphatic carbocycles. The van der Waals surface area contributed by atoms with Crippen molar-refractivity contribution in [2.24, 2.45) is 0 Å². The molecular formula is C9H10N2O. The lowest BCUT2D eigenvalue weighted by atomic mass is 10.1. The van der Waals surface area contributed by atoms with Gasteiger partial charge < -0.3 is 5.32 Å². The molecule has 1 aliphatic heterocycles. The van der Waals surface area contributed by atoms with Crippen molar-refractivity contribution in [1.82, 2.24) is 4.98 Å². The fourth-order valence-electron chi connectivity index (χ4n) is 1.39. The number of amides is 1. The number of carbonyl (C=O) groups is 1. The fourth-order valence-corrected chi connectivity index (χ4v) is 1.39. The molecule has 2 rings (SSSR count). The van der Waals surface area contributed by atoms with Gasteiger partial charge in [0, 0.05) is 6.20 Å². The lowest BCUT2D eigenvalue weighted by Crippen LogP contribution is -2.04. The molecule has 0 spiro atoms. The summed E-state index contributed by atoms with van der Waals surface area (Å²) in [7, 11) is 0. The van der Waals surface area contributed by atoms with Crippen molar-refractivity contribution >= 4 is 11.6 Å². The number of hydrogen-bond acceptors (Lipinski definition) is 2. The van der Waals surface area contributed by atoms with Crippen molar-refractivity contribution in [2.45, 2.75) is 20.3 Å². The van der Waals surface area contributed by atoms with Crippen LogP contribution in [-0.2, 0) is 11.2 Å². The minimum absolute atomic E-state index is 0.0474. The maximum Gasteiger partial charge on any atom is 0.230 e. The quantitative estimate of drug-likeness (QED) is 0.622. The van der Waals surface area contributed by atoms with Gasteiger partial charge in [-0.2, -0.15) is 0 Å². The Morgan fingerprint density at radius 1 is 1.50 bits per heavy atom. The lowest BCUT2D eigenvalue weighted by molar-refractivity contribution is -0.115. The molecule has 3 nitrogen and oxygen atoms in total. The zero-order valence-electron chi connectivity index (χ0n) is 7.14. The molecular weight excluding hydrogens is 152 g/mol. The van der Waals surface area contributed by atoms with E-state index in [0.29, 0.717) is 6.42 Å². The van der Waals surface area contributed by atoms with E-state index in [1.54, 1.807) is 0 Å². The molecule has 0 unspecified atom stereocenters. The van der Waals surface area contributed by atoms with Gasteiger partial charge in [-0.1, -0.05) is 0 Å². The van der Waals surface area contributed by atoms with E-state index in [4.69, 9.17) is 0 Å². The number of aryl methyl sites for hydroxylation is 1. The first-order chi connectivity index (χ1) is 5.68. The number of pyridine rings is 1. The Labute approximate surface area is 70.8 Å². The number of carbonyl (C=O) groups excluding carboxylic acids is 1. The van der Waals surface area contributed by atoms with E-state index in [1.807, 2.05) is 20.0 Å². The molecule has 2 heterocycles. The van der Waals surface area contributed by atoms with Crippen molar-refractivity contribution in [3.63, 3.8) is 0 Å². The molecule has 0 fully saturated rings. The molecule has 0 saturated carbocycles. The van der Waals surface area contributed by atoms with Crippen molar-refractivity contribution in [3.05, 3.63) is 23.0 Å². The van der Waals surface area contributed by atoms with Crippen LogP contribution in [0, 0.1) is 13.8 Å². The third-order valence-electron chi connectivity index (χ3n) is 2.26. The first-order valence-corrected chi connectivity index (χ1v) is 3.93. The third-order valence-corrected chi connectivity index (χ3v) is 2.26. The van der Waals surface area contributed by atoms with E-state index in [-0.39, 0.29) is 5.91 Å². The van der Waals surface area contributed by atoms with Crippen molar-refractivity contribution in [1.29, 1.82) is 0 Å². The van der Waals surface area contributed by atoms with Crippen LogP contribution in [0.25, 0.3) is 0 Å². The number of nitrogens with one attached hydrogen (secondary N) is 1. The normalized spacial score (nSPS) is 14.3. The van der Waals surface area contributed by atoms with Crippen LogP contribution in [0.4, 0.5) is 5.69 Å². The standard InChI is InChI=1S/C9H10N2O/c1-5-4-10-7-3-8(12)11-9(7)6(5)2/h4H,3H2,1-2H3,(H,11,12). The van der Waals surface area contributed by atoms with E-state index in [1.165, 1.54) is 0 Å². The molecule has 1 aromatic heterocycles. The lowest BCUT2D eigenvalue weighted by Gasteiger charge is -2.04. The van der Waals surface area contributed by atoms with E-state index >= 15 is 0 Å². The molecule has 12 heavy (non-hydrogen) atoms. The molecule has 1 amide bonds. The molecule has 0 atom stereocenters. The van der Waals surface area contributed by atoms with Gasteiger partial charge in [0.05, 0.1) is 17.8 Å². The Bertz CT molecular complexity index is 358. The Morgan fingerprint density at radius 2 is 2.25 bits per heavy atom.